The number of nitrogens with one attached hydrogen (secondary N) is 1. The van der Waals surface area contributed by atoms with Crippen LogP contribution < -0.4 is 10.4 Å². The van der Waals surface area contributed by atoms with Crippen molar-refractivity contribution in [1.29, 1.82) is 0 Å². The zero-order valence-corrected chi connectivity index (χ0v) is 7.90. The van der Waals surface area contributed by atoms with Gasteiger partial charge in [0.2, 0.25) is 5.91 Å². The fourth-order valence-corrected chi connectivity index (χ4v) is 1.64. The first-order valence-electron chi connectivity index (χ1n) is 3.47. The molecule has 0 spiro atoms. The van der Waals surface area contributed by atoms with Crippen molar-refractivity contribution < 1.29 is 14.7 Å². The van der Waals surface area contributed by atoms with Gasteiger partial charge in [-0.3, -0.25) is 4.79 Å². The number of aryl methyl sites for hydroxylation is 1. The molecule has 1 aromatic rings. The molecule has 13 heavy (non-hydrogen) atoms. The van der Waals surface area contributed by atoms with Crippen LogP contribution in [0.2, 0.25) is 0 Å². The summed E-state index contributed by atoms with van der Waals surface area (Å²) in [7, 11) is 0. The number of aromatic carboxylic acids is 1. The van der Waals surface area contributed by atoms with Gasteiger partial charge in [0.05, 0.1) is 16.5 Å². The molecule has 1 amide bonds. The summed E-state index contributed by atoms with van der Waals surface area (Å²) in [6, 6.07) is 0. The molecule has 1 rings (SSSR count). The van der Waals surface area contributed by atoms with E-state index in [0.29, 0.717) is 5.69 Å². The third-order valence-corrected chi connectivity index (χ3v) is 2.32. The van der Waals surface area contributed by atoms with Crippen LogP contribution >= 0.6 is 11.3 Å². The number of nitrogens with zero attached hydrogens (tertiary/aromatic N) is 1. The minimum Gasteiger partial charge on any atom is -0.544 e. The smallest absolute Gasteiger partial charge is 0.223 e. The van der Waals surface area contributed by atoms with Crippen LogP contribution in [0.25, 0.3) is 0 Å². The Bertz CT molecular complexity index is 359. The molecule has 5 nitrogen and oxygen atoms in total. The number of carboxylic acid groups (broad SMARTS) is 1. The molecule has 0 radical (unpaired) electrons. The van der Waals surface area contributed by atoms with Crippen molar-refractivity contribution in [3.8, 4) is 0 Å². The predicted octanol–water partition coefficient (Wildman–Crippen LogP) is -0.227. The highest BCUT2D eigenvalue weighted by atomic mass is 32.1. The van der Waals surface area contributed by atoms with Crippen molar-refractivity contribution in [2.24, 2.45) is 0 Å². The molecule has 1 aromatic heterocycles. The second-order valence-corrected chi connectivity index (χ2v) is 3.40. The molecule has 0 saturated carbocycles. The molecule has 0 unspecified atom stereocenters. The van der Waals surface area contributed by atoms with E-state index >= 15 is 0 Å². The Hall–Kier alpha value is -1.43. The third kappa shape index (κ3) is 2.25. The van der Waals surface area contributed by atoms with Gasteiger partial charge in [-0.2, -0.15) is 0 Å². The van der Waals surface area contributed by atoms with Crippen molar-refractivity contribution in [1.82, 2.24) is 4.98 Å². The molecule has 1 heterocycles. The summed E-state index contributed by atoms with van der Waals surface area (Å²) in [4.78, 5) is 24.9. The van der Waals surface area contributed by atoms with Crippen LogP contribution in [0.4, 0.5) is 5.13 Å². The SMILES string of the molecule is CC(=O)Nc1nc(C)c(C(=O)[O-])s1. The molecule has 0 aliphatic rings. The zero-order valence-electron chi connectivity index (χ0n) is 7.08. The first kappa shape index (κ1) is 9.66. The van der Waals surface area contributed by atoms with Gasteiger partial charge < -0.3 is 15.2 Å². The third-order valence-electron chi connectivity index (χ3n) is 1.26. The highest BCUT2D eigenvalue weighted by molar-refractivity contribution is 7.17. The van der Waals surface area contributed by atoms with Gasteiger partial charge in [0, 0.05) is 6.92 Å². The second kappa shape index (κ2) is 3.53. The zero-order chi connectivity index (χ0) is 10.0. The van der Waals surface area contributed by atoms with E-state index < -0.39 is 5.97 Å². The number of carboxylic acids is 1. The lowest BCUT2D eigenvalue weighted by Gasteiger charge is -1.95. The van der Waals surface area contributed by atoms with E-state index in [-0.39, 0.29) is 15.9 Å². The number of carbonyl (C=O) groups excluding carboxylic acids is 2. The summed E-state index contributed by atoms with van der Waals surface area (Å²) in [6.45, 7) is 2.88. The standard InChI is InChI=1S/C7H8N2O3S/c1-3-5(6(11)12)13-7(8-3)9-4(2)10/h1-2H3,(H,11,12)(H,8,9,10)/p-1. The van der Waals surface area contributed by atoms with Crippen LogP contribution in [0.15, 0.2) is 0 Å². The molecule has 1 N–H and O–H groups in total. The lowest BCUT2D eigenvalue weighted by molar-refractivity contribution is -0.254. The molecular weight excluding hydrogens is 192 g/mol. The van der Waals surface area contributed by atoms with Gasteiger partial charge in [-0.15, -0.1) is 0 Å². The maximum absolute atomic E-state index is 10.6. The maximum Gasteiger partial charge on any atom is 0.223 e. The van der Waals surface area contributed by atoms with Gasteiger partial charge in [-0.1, -0.05) is 11.3 Å². The Labute approximate surface area is 78.4 Å². The number of hydrogen-bond acceptors (Lipinski definition) is 5. The molecule has 0 atom stereocenters. The van der Waals surface area contributed by atoms with Crippen LogP contribution in [0.1, 0.15) is 22.3 Å². The van der Waals surface area contributed by atoms with Gasteiger partial charge >= 0.3 is 0 Å². The second-order valence-electron chi connectivity index (χ2n) is 2.40. The van der Waals surface area contributed by atoms with Crippen molar-refractivity contribution in [3.63, 3.8) is 0 Å². The van der Waals surface area contributed by atoms with Crippen molar-refractivity contribution in [3.05, 3.63) is 10.6 Å². The van der Waals surface area contributed by atoms with Crippen LogP contribution in [-0.2, 0) is 4.79 Å². The minimum atomic E-state index is -1.27. The van der Waals surface area contributed by atoms with Crippen LogP contribution in [-0.4, -0.2) is 16.9 Å². The normalized spacial score (nSPS) is 9.69. The molecule has 0 aliphatic heterocycles. The summed E-state index contributed by atoms with van der Waals surface area (Å²) < 4.78 is 0. The van der Waals surface area contributed by atoms with Gasteiger partial charge in [0.15, 0.2) is 5.13 Å². The number of carbonyl (C=O) groups is 2. The van der Waals surface area contributed by atoms with Gasteiger partial charge in [-0.05, 0) is 6.92 Å². The highest BCUT2D eigenvalue weighted by Crippen LogP contribution is 2.21. The highest BCUT2D eigenvalue weighted by Gasteiger charge is 2.08. The van der Waals surface area contributed by atoms with Crippen LogP contribution in [0, 0.1) is 6.92 Å². The first-order chi connectivity index (χ1) is 6.00. The Balaban J connectivity index is 2.95. The number of thiazole rings is 1. The lowest BCUT2D eigenvalue weighted by Crippen LogP contribution is -2.21. The predicted molar refractivity (Wildman–Crippen MR) is 45.5 cm³/mol. The van der Waals surface area contributed by atoms with E-state index in [1.807, 2.05) is 0 Å². The monoisotopic (exact) mass is 199 g/mol. The number of aromatic nitrogens is 1. The number of hydrogen-bond donors (Lipinski definition) is 1. The Morgan fingerprint density at radius 2 is 2.15 bits per heavy atom. The molecule has 0 aliphatic carbocycles. The fraction of sp³-hybridized carbons (Fsp3) is 0.286. The molecular formula is C7H7N2O3S-. The molecule has 0 aromatic carbocycles. The van der Waals surface area contributed by atoms with Crippen LogP contribution in [0.3, 0.4) is 0 Å². The average molecular weight is 199 g/mol. The van der Waals surface area contributed by atoms with E-state index in [4.69, 9.17) is 0 Å². The number of anilines is 1. The van der Waals surface area contributed by atoms with E-state index in [0.717, 1.165) is 11.3 Å². The van der Waals surface area contributed by atoms with Gasteiger partial charge in [-0.25, -0.2) is 4.98 Å². The minimum absolute atomic E-state index is 0.0451. The van der Waals surface area contributed by atoms with Crippen molar-refractivity contribution in [2.45, 2.75) is 13.8 Å². The van der Waals surface area contributed by atoms with Crippen molar-refractivity contribution >= 4 is 28.3 Å². The fourth-order valence-electron chi connectivity index (χ4n) is 0.790. The largest absolute Gasteiger partial charge is 0.544 e. The number of amides is 1. The lowest BCUT2D eigenvalue weighted by atomic mass is 10.4. The summed E-state index contributed by atoms with van der Waals surface area (Å²) in [6.07, 6.45) is 0. The molecule has 70 valence electrons. The maximum atomic E-state index is 10.6. The van der Waals surface area contributed by atoms with Crippen molar-refractivity contribution in [2.75, 3.05) is 5.32 Å². The quantitative estimate of drug-likeness (QED) is 0.713. The van der Waals surface area contributed by atoms with E-state index in [9.17, 15) is 14.7 Å². The van der Waals surface area contributed by atoms with E-state index in [1.54, 1.807) is 6.92 Å². The molecule has 6 heteroatoms. The molecule has 0 bridgehead atoms. The Morgan fingerprint density at radius 3 is 2.54 bits per heavy atom. The summed E-state index contributed by atoms with van der Waals surface area (Å²) in [5.74, 6) is -1.55. The number of rotatable bonds is 2. The van der Waals surface area contributed by atoms with Gasteiger partial charge in [0.25, 0.3) is 0 Å². The summed E-state index contributed by atoms with van der Waals surface area (Å²) >= 11 is 0.891. The topological polar surface area (TPSA) is 82.1 Å². The Morgan fingerprint density at radius 1 is 1.54 bits per heavy atom. The Kier molecular flexibility index (Phi) is 2.62. The summed E-state index contributed by atoms with van der Waals surface area (Å²) in [5.41, 5.74) is 0.355. The van der Waals surface area contributed by atoms with E-state index in [2.05, 4.69) is 10.3 Å². The average Bonchev–Trinajstić information content (AvgIpc) is 2.29. The summed E-state index contributed by atoms with van der Waals surface area (Å²) in [5, 5.41) is 13.1. The van der Waals surface area contributed by atoms with Gasteiger partial charge in [0.1, 0.15) is 0 Å². The van der Waals surface area contributed by atoms with Crippen LogP contribution in [0.5, 0.6) is 0 Å². The molecule has 0 fully saturated rings. The first-order valence-corrected chi connectivity index (χ1v) is 4.28. The molecule has 0 saturated heterocycles. The van der Waals surface area contributed by atoms with E-state index in [1.165, 1.54) is 6.92 Å².